The van der Waals surface area contributed by atoms with Crippen LogP contribution in [0.15, 0.2) is 42.7 Å². The van der Waals surface area contributed by atoms with Crippen molar-refractivity contribution in [3.05, 3.63) is 53.3 Å². The molecule has 1 fully saturated rings. The van der Waals surface area contributed by atoms with Gasteiger partial charge in [0.15, 0.2) is 0 Å². The second-order valence-corrected chi connectivity index (χ2v) is 9.96. The fraction of sp³-hybridized carbons (Fsp3) is 0.333. The summed E-state index contributed by atoms with van der Waals surface area (Å²) in [6, 6.07) is 10.3. The van der Waals surface area contributed by atoms with Crippen LogP contribution in [0, 0.1) is 0 Å². The summed E-state index contributed by atoms with van der Waals surface area (Å²) in [6.07, 6.45) is 9.58. The maximum absolute atomic E-state index is 12.9. The Morgan fingerprint density at radius 1 is 1.26 bits per heavy atom. The van der Waals surface area contributed by atoms with Crippen LogP contribution in [0.3, 0.4) is 0 Å². The van der Waals surface area contributed by atoms with E-state index in [1.807, 2.05) is 36.0 Å². The minimum absolute atomic E-state index is 0.00763. The van der Waals surface area contributed by atoms with Crippen LogP contribution in [0.2, 0.25) is 5.02 Å². The summed E-state index contributed by atoms with van der Waals surface area (Å²) in [5.74, 6) is -0.00763. The van der Waals surface area contributed by atoms with E-state index in [1.165, 1.54) is 23.6 Å². The predicted molar refractivity (Wildman–Crippen MR) is 112 cm³/mol. The van der Waals surface area contributed by atoms with Crippen molar-refractivity contribution in [1.29, 1.82) is 0 Å². The number of halogens is 1. The predicted octanol–water partition coefficient (Wildman–Crippen LogP) is 2.94. The number of pyridine rings is 1. The Morgan fingerprint density at radius 3 is 2.85 bits per heavy atom. The number of hydrogen-bond acceptors (Lipinski definition) is 2. The minimum atomic E-state index is -0.297. The molecule has 0 saturated heterocycles. The van der Waals surface area contributed by atoms with Crippen LogP contribution in [-0.2, 0) is 7.05 Å². The van der Waals surface area contributed by atoms with Gasteiger partial charge >= 0.3 is 171 Å². The number of carbonyl (C=O) groups is 1. The number of nitrogens with zero attached hydrogens (tertiary/aromatic N) is 2. The van der Waals surface area contributed by atoms with Crippen molar-refractivity contribution in [2.24, 2.45) is 7.05 Å². The molecule has 0 spiro atoms. The van der Waals surface area contributed by atoms with Crippen LogP contribution in [0.5, 0.6) is 0 Å². The van der Waals surface area contributed by atoms with Gasteiger partial charge in [0.05, 0.1) is 0 Å². The molecule has 2 aromatic heterocycles. The first-order valence-electron chi connectivity index (χ1n) is 9.34. The van der Waals surface area contributed by atoms with Gasteiger partial charge in [-0.2, -0.15) is 0 Å². The Balaban J connectivity index is 1.65. The van der Waals surface area contributed by atoms with Crippen LogP contribution in [0.4, 0.5) is 0 Å². The summed E-state index contributed by atoms with van der Waals surface area (Å²) in [5, 5.41) is 5.03. The Labute approximate surface area is 171 Å². The normalized spacial score (nSPS) is 15.6. The summed E-state index contributed by atoms with van der Waals surface area (Å²) in [6.45, 7) is 0. The van der Waals surface area contributed by atoms with Crippen LogP contribution < -0.4 is 14.1 Å². The number of amides is 1. The second kappa shape index (κ2) is 8.08. The van der Waals surface area contributed by atoms with Gasteiger partial charge in [0, 0.05) is 0 Å². The molecule has 0 bridgehead atoms. The van der Waals surface area contributed by atoms with Crippen molar-refractivity contribution < 1.29 is 4.79 Å². The molecule has 4 nitrogen and oxygen atoms in total. The van der Waals surface area contributed by atoms with E-state index in [4.69, 9.17) is 11.6 Å². The molecule has 1 N–H and O–H groups in total. The van der Waals surface area contributed by atoms with Crippen LogP contribution >= 0.6 is 11.6 Å². The van der Waals surface area contributed by atoms with Crippen LogP contribution in [-0.4, -0.2) is 37.3 Å². The number of fused-ring (bicyclic) bond motifs is 1. The van der Waals surface area contributed by atoms with E-state index in [9.17, 15) is 4.79 Å². The van der Waals surface area contributed by atoms with Gasteiger partial charge in [0.25, 0.3) is 0 Å². The zero-order valence-corrected chi connectivity index (χ0v) is 17.9. The molecule has 3 aromatic rings. The fourth-order valence-electron chi connectivity index (χ4n) is 3.73. The number of benzene rings is 1. The van der Waals surface area contributed by atoms with Gasteiger partial charge in [-0.25, -0.2) is 0 Å². The number of aromatic nitrogens is 2. The first-order chi connectivity index (χ1) is 13.1. The summed E-state index contributed by atoms with van der Waals surface area (Å²) in [5.41, 5.74) is 1.63. The first kappa shape index (κ1) is 18.6. The molecule has 1 aromatic carbocycles. The van der Waals surface area contributed by atoms with Gasteiger partial charge < -0.3 is 0 Å². The summed E-state index contributed by atoms with van der Waals surface area (Å²) < 4.78 is 4.28. The van der Waals surface area contributed by atoms with Crippen molar-refractivity contribution in [1.82, 2.24) is 14.9 Å². The van der Waals surface area contributed by atoms with Gasteiger partial charge in [-0.3, -0.25) is 0 Å². The van der Waals surface area contributed by atoms with Crippen LogP contribution in [0.25, 0.3) is 10.9 Å². The van der Waals surface area contributed by atoms with E-state index in [-0.39, 0.29) is 21.7 Å². The van der Waals surface area contributed by atoms with E-state index in [2.05, 4.69) is 22.4 Å². The van der Waals surface area contributed by atoms with E-state index in [0.717, 1.165) is 33.2 Å². The molecule has 6 heteroatoms. The molecule has 1 aliphatic rings. The molecule has 27 heavy (non-hydrogen) atoms. The molecule has 0 aliphatic heterocycles. The van der Waals surface area contributed by atoms with Gasteiger partial charge in [0.2, 0.25) is 0 Å². The molecular formula is C21H22AsClN3O. The molecule has 1 radical (unpaired) electrons. The Bertz CT molecular complexity index is 979. The molecule has 2 heterocycles. The van der Waals surface area contributed by atoms with Gasteiger partial charge in [0.1, 0.15) is 0 Å². The van der Waals surface area contributed by atoms with Crippen molar-refractivity contribution >= 4 is 53.0 Å². The number of rotatable bonds is 4. The molecular weight excluding hydrogens is 421 g/mol. The Kier molecular flexibility index (Phi) is 5.56. The zero-order valence-electron chi connectivity index (χ0n) is 15.3. The van der Waals surface area contributed by atoms with E-state index in [0.29, 0.717) is 11.6 Å². The van der Waals surface area contributed by atoms with E-state index < -0.39 is 0 Å². The summed E-state index contributed by atoms with van der Waals surface area (Å²) in [4.78, 5) is 17.6. The summed E-state index contributed by atoms with van der Waals surface area (Å²) >= 11 is 5.83. The Morgan fingerprint density at radius 2 is 2.07 bits per heavy atom. The zero-order chi connectivity index (χ0) is 18.8. The molecule has 0 atom stereocenters. The number of aryl methyl sites for hydroxylation is 1. The number of hydrogen-bond donors (Lipinski definition) is 1. The summed E-state index contributed by atoms with van der Waals surface area (Å²) in [7, 11) is 1.99. The van der Waals surface area contributed by atoms with E-state index in [1.54, 1.807) is 6.20 Å². The average Bonchev–Trinajstić information content (AvgIpc) is 3.05. The van der Waals surface area contributed by atoms with Crippen molar-refractivity contribution in [2.45, 2.75) is 38.1 Å². The topological polar surface area (TPSA) is 46.9 Å². The molecule has 1 aliphatic carbocycles. The fourth-order valence-corrected chi connectivity index (χ4v) is 6.24. The third kappa shape index (κ3) is 4.07. The van der Waals surface area contributed by atoms with Crippen molar-refractivity contribution in [3.63, 3.8) is 0 Å². The average molecular weight is 443 g/mol. The second-order valence-electron chi connectivity index (χ2n) is 7.08. The molecule has 1 amide bonds. The van der Waals surface area contributed by atoms with Gasteiger partial charge in [-0.15, -0.1) is 0 Å². The third-order valence-corrected chi connectivity index (χ3v) is 7.67. The maximum atomic E-state index is 12.9. The number of carbonyl (C=O) groups excluding carboxylic acids is 1. The van der Waals surface area contributed by atoms with Crippen molar-refractivity contribution in [3.8, 4) is 0 Å². The standard InChI is InChI=1S/C21H22AsClN3O/c1-26-11-10-17-19(26)18(21(27)25-16-8-3-2-4-9-16)13-24-20(17)22-14-6-5-7-15(23)12-14/h5-7,10-13,16H,2-4,8-9H2,1H3,(H,25,27). The molecule has 1 saturated carbocycles. The molecule has 4 rings (SSSR count). The van der Waals surface area contributed by atoms with Crippen molar-refractivity contribution in [2.75, 3.05) is 0 Å². The van der Waals surface area contributed by atoms with E-state index >= 15 is 0 Å². The van der Waals surface area contributed by atoms with Gasteiger partial charge in [-0.1, -0.05) is 0 Å². The monoisotopic (exact) mass is 442 g/mol. The third-order valence-electron chi connectivity index (χ3n) is 5.11. The first-order valence-corrected chi connectivity index (χ1v) is 11.6. The molecule has 0 unspecified atom stereocenters. The quantitative estimate of drug-likeness (QED) is 0.632. The molecule has 139 valence electrons. The van der Waals surface area contributed by atoms with Crippen LogP contribution in [0.1, 0.15) is 42.5 Å². The van der Waals surface area contributed by atoms with Gasteiger partial charge in [-0.05, 0) is 0 Å². The Hall–Kier alpha value is -1.77. The number of nitrogens with one attached hydrogen (secondary N) is 1. The SMILES string of the molecule is Cn1ccc2c([As]c3cccc(Cl)c3)ncc(C(=O)NC3CCCCC3)c21.